The van der Waals surface area contributed by atoms with Crippen molar-refractivity contribution in [3.8, 4) is 11.5 Å². The zero-order valence-electron chi connectivity index (χ0n) is 10.9. The molecule has 102 valence electrons. The van der Waals surface area contributed by atoms with Gasteiger partial charge in [0.2, 0.25) is 5.91 Å². The van der Waals surface area contributed by atoms with Crippen molar-refractivity contribution in [2.45, 2.75) is 31.5 Å². The number of amides is 1. The molecule has 0 aromatic heterocycles. The van der Waals surface area contributed by atoms with E-state index in [1.807, 2.05) is 12.1 Å². The predicted octanol–water partition coefficient (Wildman–Crippen LogP) is 1.38. The minimum Gasteiger partial charge on any atom is -0.504 e. The van der Waals surface area contributed by atoms with Gasteiger partial charge in [-0.1, -0.05) is 18.6 Å². The van der Waals surface area contributed by atoms with Crippen LogP contribution in [0, 0.1) is 0 Å². The highest BCUT2D eigenvalue weighted by atomic mass is 16.5. The van der Waals surface area contributed by atoms with E-state index in [0.717, 1.165) is 25.8 Å². The van der Waals surface area contributed by atoms with Crippen LogP contribution in [0.15, 0.2) is 18.2 Å². The van der Waals surface area contributed by atoms with Crippen molar-refractivity contribution < 1.29 is 14.6 Å². The summed E-state index contributed by atoms with van der Waals surface area (Å²) in [7, 11) is 1.52. The van der Waals surface area contributed by atoms with Crippen LogP contribution in [0.2, 0.25) is 0 Å². The van der Waals surface area contributed by atoms with Crippen LogP contribution in [-0.4, -0.2) is 35.6 Å². The summed E-state index contributed by atoms with van der Waals surface area (Å²) >= 11 is 0. The van der Waals surface area contributed by atoms with Crippen molar-refractivity contribution in [2.24, 2.45) is 0 Å². The molecule has 0 saturated carbocycles. The van der Waals surface area contributed by atoms with Crippen molar-refractivity contribution in [1.82, 2.24) is 10.2 Å². The van der Waals surface area contributed by atoms with Gasteiger partial charge in [0.25, 0.3) is 0 Å². The number of ether oxygens (including phenoxy) is 1. The van der Waals surface area contributed by atoms with Crippen LogP contribution >= 0.6 is 0 Å². The van der Waals surface area contributed by atoms with Gasteiger partial charge in [0.1, 0.15) is 6.17 Å². The molecule has 2 atom stereocenters. The highest BCUT2D eigenvalue weighted by Crippen LogP contribution is 2.39. The Morgan fingerprint density at radius 2 is 2.26 bits per heavy atom. The van der Waals surface area contributed by atoms with Gasteiger partial charge in [-0.05, 0) is 18.9 Å². The second-order valence-corrected chi connectivity index (χ2v) is 5.06. The summed E-state index contributed by atoms with van der Waals surface area (Å²) in [6.45, 7) is 0.880. The van der Waals surface area contributed by atoms with Crippen LogP contribution in [0.4, 0.5) is 0 Å². The molecule has 0 spiro atoms. The molecule has 5 nitrogen and oxygen atoms in total. The maximum Gasteiger partial charge on any atom is 0.238 e. The molecule has 0 radical (unpaired) electrons. The van der Waals surface area contributed by atoms with E-state index in [2.05, 4.69) is 10.2 Å². The van der Waals surface area contributed by atoms with E-state index in [0.29, 0.717) is 11.3 Å². The summed E-state index contributed by atoms with van der Waals surface area (Å²) in [5.41, 5.74) is 0.706. The molecular weight excluding hydrogens is 244 g/mol. The van der Waals surface area contributed by atoms with Crippen LogP contribution in [0.3, 0.4) is 0 Å². The third-order valence-corrected chi connectivity index (χ3v) is 4.00. The third kappa shape index (κ3) is 1.94. The Hall–Kier alpha value is -1.75. The smallest absolute Gasteiger partial charge is 0.238 e. The van der Waals surface area contributed by atoms with Gasteiger partial charge in [-0.3, -0.25) is 9.69 Å². The van der Waals surface area contributed by atoms with Crippen molar-refractivity contribution in [3.63, 3.8) is 0 Å². The second-order valence-electron chi connectivity index (χ2n) is 5.06. The molecule has 2 unspecified atom stereocenters. The number of methoxy groups -OCH3 is 1. The Labute approximate surface area is 112 Å². The average molecular weight is 262 g/mol. The Bertz CT molecular complexity index is 503. The van der Waals surface area contributed by atoms with Gasteiger partial charge in [0.05, 0.1) is 13.2 Å². The molecule has 2 fully saturated rings. The number of hydrogen-bond acceptors (Lipinski definition) is 4. The topological polar surface area (TPSA) is 61.8 Å². The number of phenolic OH excluding ortho intramolecular Hbond substituents is 1. The molecule has 2 aliphatic rings. The molecule has 2 aliphatic heterocycles. The molecule has 0 aliphatic carbocycles. The first kappa shape index (κ1) is 12.3. The van der Waals surface area contributed by atoms with Gasteiger partial charge in [-0.15, -0.1) is 0 Å². The quantitative estimate of drug-likeness (QED) is 0.845. The van der Waals surface area contributed by atoms with Gasteiger partial charge >= 0.3 is 0 Å². The molecule has 1 amide bonds. The van der Waals surface area contributed by atoms with Gasteiger partial charge in [0, 0.05) is 12.1 Å². The molecular formula is C14H18N2O3. The fourth-order valence-corrected chi connectivity index (χ4v) is 3.04. The fraction of sp³-hybridized carbons (Fsp3) is 0.500. The SMILES string of the molecule is COc1cccc(C2NC(=O)C3CCCCN32)c1O. The molecule has 19 heavy (non-hydrogen) atoms. The van der Waals surface area contributed by atoms with Crippen LogP contribution in [-0.2, 0) is 4.79 Å². The lowest BCUT2D eigenvalue weighted by Gasteiger charge is -2.31. The van der Waals surface area contributed by atoms with E-state index < -0.39 is 0 Å². The fourth-order valence-electron chi connectivity index (χ4n) is 3.04. The Kier molecular flexibility index (Phi) is 3.06. The summed E-state index contributed by atoms with van der Waals surface area (Å²) in [5.74, 6) is 0.612. The zero-order chi connectivity index (χ0) is 13.4. The number of carbonyl (C=O) groups excluding carboxylic acids is 1. The normalized spacial score (nSPS) is 26.9. The first-order valence-electron chi connectivity index (χ1n) is 6.64. The minimum absolute atomic E-state index is 0.0515. The maximum atomic E-state index is 12.0. The summed E-state index contributed by atoms with van der Waals surface area (Å²) < 4.78 is 5.13. The van der Waals surface area contributed by atoms with Gasteiger partial charge in [-0.25, -0.2) is 0 Å². The second kappa shape index (κ2) is 4.74. The van der Waals surface area contributed by atoms with Crippen LogP contribution in [0.25, 0.3) is 0 Å². The number of nitrogens with one attached hydrogen (secondary N) is 1. The lowest BCUT2D eigenvalue weighted by Crippen LogP contribution is -2.38. The molecule has 5 heteroatoms. The van der Waals surface area contributed by atoms with E-state index in [1.165, 1.54) is 7.11 Å². The average Bonchev–Trinajstić information content (AvgIpc) is 2.77. The number of piperidine rings is 1. The summed E-state index contributed by atoms with van der Waals surface area (Å²) in [6, 6.07) is 5.32. The van der Waals surface area contributed by atoms with Crippen molar-refractivity contribution in [2.75, 3.05) is 13.7 Å². The van der Waals surface area contributed by atoms with Gasteiger partial charge in [0.15, 0.2) is 11.5 Å². The molecule has 2 saturated heterocycles. The number of carbonyl (C=O) groups is 1. The van der Waals surface area contributed by atoms with Crippen LogP contribution < -0.4 is 10.1 Å². The minimum atomic E-state index is -0.243. The Morgan fingerprint density at radius 1 is 1.42 bits per heavy atom. The zero-order valence-corrected chi connectivity index (χ0v) is 10.9. The van der Waals surface area contributed by atoms with Gasteiger partial charge < -0.3 is 15.2 Å². The largest absolute Gasteiger partial charge is 0.504 e. The highest BCUT2D eigenvalue weighted by molar-refractivity contribution is 5.84. The van der Waals surface area contributed by atoms with Crippen molar-refractivity contribution in [3.05, 3.63) is 23.8 Å². The number of phenols is 1. The number of hydrogen-bond donors (Lipinski definition) is 2. The number of aromatic hydroxyl groups is 1. The van der Waals surface area contributed by atoms with E-state index in [1.54, 1.807) is 6.07 Å². The van der Waals surface area contributed by atoms with E-state index in [9.17, 15) is 9.90 Å². The summed E-state index contributed by atoms with van der Waals surface area (Å²) in [6.07, 6.45) is 2.83. The standard InChI is InChI=1S/C14H18N2O3/c1-19-11-7-4-5-9(12(11)17)13-15-14(18)10-6-2-3-8-16(10)13/h4-5,7,10,13,17H,2-3,6,8H2,1H3,(H,15,18). The molecule has 1 aromatic rings. The summed E-state index contributed by atoms with van der Waals surface area (Å²) in [5, 5.41) is 13.2. The lowest BCUT2D eigenvalue weighted by atomic mass is 10.0. The number of para-hydroxylation sites is 1. The first-order chi connectivity index (χ1) is 9.22. The number of rotatable bonds is 2. The predicted molar refractivity (Wildman–Crippen MR) is 69.9 cm³/mol. The van der Waals surface area contributed by atoms with Crippen LogP contribution in [0.1, 0.15) is 31.0 Å². The highest BCUT2D eigenvalue weighted by Gasteiger charge is 2.42. The van der Waals surface area contributed by atoms with Crippen molar-refractivity contribution >= 4 is 5.91 Å². The maximum absolute atomic E-state index is 12.0. The molecule has 3 rings (SSSR count). The monoisotopic (exact) mass is 262 g/mol. The number of nitrogens with zero attached hydrogens (tertiary/aromatic N) is 1. The van der Waals surface area contributed by atoms with Crippen molar-refractivity contribution in [1.29, 1.82) is 0 Å². The van der Waals surface area contributed by atoms with E-state index in [-0.39, 0.29) is 23.9 Å². The van der Waals surface area contributed by atoms with Crippen LogP contribution in [0.5, 0.6) is 11.5 Å². The molecule has 0 bridgehead atoms. The molecule has 1 aromatic carbocycles. The number of benzene rings is 1. The lowest BCUT2D eigenvalue weighted by molar-refractivity contribution is -0.122. The molecule has 2 heterocycles. The Morgan fingerprint density at radius 3 is 3.05 bits per heavy atom. The van der Waals surface area contributed by atoms with E-state index >= 15 is 0 Å². The third-order valence-electron chi connectivity index (χ3n) is 4.00. The molecule has 2 N–H and O–H groups in total. The number of fused-ring (bicyclic) bond motifs is 1. The van der Waals surface area contributed by atoms with Gasteiger partial charge in [-0.2, -0.15) is 0 Å². The first-order valence-corrected chi connectivity index (χ1v) is 6.64. The summed E-state index contributed by atoms with van der Waals surface area (Å²) in [4.78, 5) is 14.1. The van der Waals surface area contributed by atoms with E-state index in [4.69, 9.17) is 4.74 Å². The Balaban J connectivity index is 1.96.